The van der Waals surface area contributed by atoms with Crippen molar-refractivity contribution in [3.05, 3.63) is 87.1 Å². The third-order valence-corrected chi connectivity index (χ3v) is 5.37. The molecule has 0 spiro atoms. The van der Waals surface area contributed by atoms with Gasteiger partial charge < -0.3 is 14.3 Å². The Balaban J connectivity index is 1.74. The fourth-order valence-electron chi connectivity index (χ4n) is 3.40. The van der Waals surface area contributed by atoms with E-state index in [1.165, 1.54) is 11.1 Å². The molecule has 0 aliphatic rings. The van der Waals surface area contributed by atoms with Crippen LogP contribution in [0.1, 0.15) is 28.9 Å². The van der Waals surface area contributed by atoms with Crippen LogP contribution in [0.4, 0.5) is 8.78 Å². The Morgan fingerprint density at radius 2 is 1.86 bits per heavy atom. The van der Waals surface area contributed by atoms with Crippen LogP contribution in [0, 0.1) is 11.6 Å². The number of benzene rings is 1. The predicted octanol–water partition coefficient (Wildman–Crippen LogP) is 4.55. The number of carbonyl (C=O) groups is 1. The molecule has 0 saturated carbocycles. The Morgan fingerprint density at radius 3 is 2.59 bits per heavy atom. The highest BCUT2D eigenvalue weighted by Gasteiger charge is 2.23. The van der Waals surface area contributed by atoms with Crippen molar-refractivity contribution in [2.45, 2.75) is 13.0 Å². The first-order valence-electron chi connectivity index (χ1n) is 8.81. The van der Waals surface area contributed by atoms with Gasteiger partial charge in [-0.1, -0.05) is 11.6 Å². The standard InChI is InChI=1S/C21H16ClF2N3O2/c1-11(17-9-25-20(28)16-8-19(24)18(23)7-15(16)17)26(2)21(29)12-5-14-6-13(22)3-4-27(14)10-12/h3-11H,1-2H3,(H,25,28)/t11-/m1/s1. The third kappa shape index (κ3) is 3.27. The number of hydrogen-bond acceptors (Lipinski definition) is 2. The van der Waals surface area contributed by atoms with Gasteiger partial charge in [-0.25, -0.2) is 8.78 Å². The van der Waals surface area contributed by atoms with Gasteiger partial charge in [0, 0.05) is 36.2 Å². The predicted molar refractivity (Wildman–Crippen MR) is 107 cm³/mol. The number of aromatic nitrogens is 2. The highest BCUT2D eigenvalue weighted by Crippen LogP contribution is 2.28. The molecule has 1 N–H and O–H groups in total. The molecule has 0 bridgehead atoms. The first-order valence-corrected chi connectivity index (χ1v) is 9.19. The number of nitrogens with one attached hydrogen (secondary N) is 1. The van der Waals surface area contributed by atoms with E-state index in [1.807, 2.05) is 0 Å². The molecule has 0 unspecified atom stereocenters. The maximum Gasteiger partial charge on any atom is 0.255 e. The normalized spacial score (nSPS) is 12.4. The number of hydrogen-bond donors (Lipinski definition) is 1. The van der Waals surface area contributed by atoms with E-state index in [0.29, 0.717) is 16.1 Å². The van der Waals surface area contributed by atoms with Crippen molar-refractivity contribution in [3.63, 3.8) is 0 Å². The van der Waals surface area contributed by atoms with E-state index in [1.54, 1.807) is 49.0 Å². The molecule has 8 heteroatoms. The first-order chi connectivity index (χ1) is 13.8. The van der Waals surface area contributed by atoms with E-state index < -0.39 is 23.2 Å². The molecule has 5 nitrogen and oxygen atoms in total. The summed E-state index contributed by atoms with van der Waals surface area (Å²) in [4.78, 5) is 29.0. The molecule has 1 atom stereocenters. The van der Waals surface area contributed by atoms with Gasteiger partial charge in [0.2, 0.25) is 0 Å². The molecule has 29 heavy (non-hydrogen) atoms. The number of amides is 1. The number of fused-ring (bicyclic) bond motifs is 2. The summed E-state index contributed by atoms with van der Waals surface area (Å²) in [5.41, 5.74) is 1.20. The van der Waals surface area contributed by atoms with Crippen LogP contribution in [0.15, 0.2) is 53.7 Å². The number of carbonyl (C=O) groups excluding carboxylic acids is 1. The van der Waals surface area contributed by atoms with Crippen molar-refractivity contribution in [3.8, 4) is 0 Å². The van der Waals surface area contributed by atoms with Gasteiger partial charge in [-0.3, -0.25) is 9.59 Å². The fraction of sp³-hybridized carbons (Fsp3) is 0.143. The summed E-state index contributed by atoms with van der Waals surface area (Å²) in [5.74, 6) is -2.42. The van der Waals surface area contributed by atoms with Crippen LogP contribution in [0.2, 0.25) is 5.02 Å². The number of halogens is 3. The van der Waals surface area contributed by atoms with Crippen molar-refractivity contribution < 1.29 is 13.6 Å². The third-order valence-electron chi connectivity index (χ3n) is 5.13. The average molecular weight is 416 g/mol. The van der Waals surface area contributed by atoms with Gasteiger partial charge in [0.05, 0.1) is 17.0 Å². The van der Waals surface area contributed by atoms with Crippen molar-refractivity contribution in [2.75, 3.05) is 7.05 Å². The second kappa shape index (κ2) is 7.00. The summed E-state index contributed by atoms with van der Waals surface area (Å²) in [5, 5.41) is 0.845. The highest BCUT2D eigenvalue weighted by molar-refractivity contribution is 6.30. The number of H-pyrrole nitrogens is 1. The lowest BCUT2D eigenvalue weighted by Crippen LogP contribution is -2.30. The summed E-state index contributed by atoms with van der Waals surface area (Å²) in [6, 6.07) is 6.52. The van der Waals surface area contributed by atoms with Crippen LogP contribution in [0.5, 0.6) is 0 Å². The van der Waals surface area contributed by atoms with E-state index in [0.717, 1.165) is 17.6 Å². The Morgan fingerprint density at radius 1 is 1.17 bits per heavy atom. The zero-order valence-corrected chi connectivity index (χ0v) is 16.3. The minimum absolute atomic E-state index is 0.0262. The molecule has 3 heterocycles. The van der Waals surface area contributed by atoms with Gasteiger partial charge >= 0.3 is 0 Å². The Kier molecular flexibility index (Phi) is 4.62. The SMILES string of the molecule is C[C@H](c1c[nH]c(=O)c2cc(F)c(F)cc12)N(C)C(=O)c1cc2cc(Cl)ccn2c1. The molecular formula is C21H16ClF2N3O2. The van der Waals surface area contributed by atoms with Gasteiger partial charge in [0.15, 0.2) is 11.6 Å². The molecule has 0 radical (unpaired) electrons. The van der Waals surface area contributed by atoms with Crippen molar-refractivity contribution >= 4 is 33.8 Å². The molecule has 1 aromatic carbocycles. The molecule has 3 aromatic heterocycles. The summed E-state index contributed by atoms with van der Waals surface area (Å²) in [7, 11) is 1.61. The molecule has 0 saturated heterocycles. The Bertz CT molecular complexity index is 1330. The lowest BCUT2D eigenvalue weighted by Gasteiger charge is -2.26. The molecule has 0 aliphatic heterocycles. The minimum Gasteiger partial charge on any atom is -0.335 e. The maximum atomic E-state index is 13.8. The number of nitrogens with zero attached hydrogens (tertiary/aromatic N) is 2. The van der Waals surface area contributed by atoms with Crippen LogP contribution in [-0.4, -0.2) is 27.2 Å². The first kappa shape index (κ1) is 19.1. The summed E-state index contributed by atoms with van der Waals surface area (Å²) >= 11 is 6.00. The van der Waals surface area contributed by atoms with Crippen LogP contribution in [-0.2, 0) is 0 Å². The quantitative estimate of drug-likeness (QED) is 0.534. The summed E-state index contributed by atoms with van der Waals surface area (Å²) in [6.45, 7) is 1.75. The monoisotopic (exact) mass is 415 g/mol. The molecule has 4 rings (SSSR count). The topological polar surface area (TPSA) is 57.6 Å². The van der Waals surface area contributed by atoms with Crippen molar-refractivity contribution in [1.82, 2.24) is 14.3 Å². The average Bonchev–Trinajstić information content (AvgIpc) is 3.11. The molecule has 1 amide bonds. The number of pyridine rings is 2. The van der Waals surface area contributed by atoms with Gasteiger partial charge in [-0.15, -0.1) is 0 Å². The second-order valence-electron chi connectivity index (χ2n) is 6.88. The Hall–Kier alpha value is -3.19. The van der Waals surface area contributed by atoms with E-state index in [-0.39, 0.29) is 16.7 Å². The zero-order valence-electron chi connectivity index (χ0n) is 15.5. The molecule has 4 aromatic rings. The fourth-order valence-corrected chi connectivity index (χ4v) is 3.57. The van der Waals surface area contributed by atoms with E-state index in [2.05, 4.69) is 4.98 Å². The largest absolute Gasteiger partial charge is 0.335 e. The molecule has 0 fully saturated rings. The van der Waals surface area contributed by atoms with Crippen LogP contribution >= 0.6 is 11.6 Å². The lowest BCUT2D eigenvalue weighted by atomic mass is 10.0. The van der Waals surface area contributed by atoms with Gasteiger partial charge in [0.25, 0.3) is 11.5 Å². The summed E-state index contributed by atoms with van der Waals surface area (Å²) < 4.78 is 29.2. The zero-order chi connectivity index (χ0) is 20.9. The smallest absolute Gasteiger partial charge is 0.255 e. The minimum atomic E-state index is -1.10. The van der Waals surface area contributed by atoms with Gasteiger partial charge in [-0.2, -0.15) is 0 Å². The van der Waals surface area contributed by atoms with Crippen LogP contribution < -0.4 is 5.56 Å². The highest BCUT2D eigenvalue weighted by atomic mass is 35.5. The van der Waals surface area contributed by atoms with Crippen LogP contribution in [0.25, 0.3) is 16.3 Å². The number of aromatic amines is 1. The van der Waals surface area contributed by atoms with Crippen LogP contribution in [0.3, 0.4) is 0 Å². The van der Waals surface area contributed by atoms with Gasteiger partial charge in [-0.05, 0) is 48.2 Å². The van der Waals surface area contributed by atoms with Gasteiger partial charge in [0.1, 0.15) is 0 Å². The van der Waals surface area contributed by atoms with Crippen molar-refractivity contribution in [1.29, 1.82) is 0 Å². The van der Waals surface area contributed by atoms with Crippen molar-refractivity contribution in [2.24, 2.45) is 0 Å². The lowest BCUT2D eigenvalue weighted by molar-refractivity contribution is 0.0743. The van der Waals surface area contributed by atoms with E-state index in [9.17, 15) is 18.4 Å². The van der Waals surface area contributed by atoms with E-state index >= 15 is 0 Å². The second-order valence-corrected chi connectivity index (χ2v) is 7.32. The molecule has 0 aliphatic carbocycles. The number of rotatable bonds is 3. The van der Waals surface area contributed by atoms with E-state index in [4.69, 9.17) is 11.6 Å². The maximum absolute atomic E-state index is 13.8. The summed E-state index contributed by atoms with van der Waals surface area (Å²) in [6.07, 6.45) is 4.87. The molecule has 148 valence electrons. The Labute approximate surface area is 169 Å². The molecular weight excluding hydrogens is 400 g/mol.